The normalized spacial score (nSPS) is 22.8. The highest BCUT2D eigenvalue weighted by Gasteiger charge is 2.29. The van der Waals surface area contributed by atoms with E-state index in [0.29, 0.717) is 6.54 Å². The first-order valence-electron chi connectivity index (χ1n) is 7.03. The SMILES string of the molecule is O=C(CN1CCCC1CO)N1CCc2ccccc21. The number of rotatable bonds is 3. The molecule has 19 heavy (non-hydrogen) atoms. The van der Waals surface area contributed by atoms with Gasteiger partial charge in [-0.1, -0.05) is 18.2 Å². The molecular formula is C15H20N2O2. The molecule has 1 unspecified atom stereocenters. The summed E-state index contributed by atoms with van der Waals surface area (Å²) in [5, 5.41) is 9.31. The molecule has 0 radical (unpaired) electrons. The van der Waals surface area contributed by atoms with Gasteiger partial charge in [-0.05, 0) is 37.4 Å². The van der Waals surface area contributed by atoms with Crippen LogP contribution in [-0.4, -0.2) is 48.2 Å². The highest BCUT2D eigenvalue weighted by atomic mass is 16.3. The Hall–Kier alpha value is -1.39. The lowest BCUT2D eigenvalue weighted by molar-refractivity contribution is -0.120. The van der Waals surface area contributed by atoms with E-state index < -0.39 is 0 Å². The molecule has 2 aliphatic heterocycles. The molecule has 0 bridgehead atoms. The molecule has 2 aliphatic rings. The molecule has 0 aliphatic carbocycles. The molecule has 102 valence electrons. The second-order valence-corrected chi connectivity index (χ2v) is 5.37. The number of aliphatic hydroxyl groups is 1. The van der Waals surface area contributed by atoms with Gasteiger partial charge >= 0.3 is 0 Å². The van der Waals surface area contributed by atoms with Gasteiger partial charge in [-0.2, -0.15) is 0 Å². The zero-order valence-corrected chi connectivity index (χ0v) is 11.1. The van der Waals surface area contributed by atoms with E-state index in [4.69, 9.17) is 0 Å². The second-order valence-electron chi connectivity index (χ2n) is 5.37. The lowest BCUT2D eigenvalue weighted by Gasteiger charge is -2.25. The first-order valence-corrected chi connectivity index (χ1v) is 7.03. The minimum Gasteiger partial charge on any atom is -0.395 e. The monoisotopic (exact) mass is 260 g/mol. The zero-order chi connectivity index (χ0) is 13.2. The van der Waals surface area contributed by atoms with Crippen LogP contribution in [0.25, 0.3) is 0 Å². The van der Waals surface area contributed by atoms with E-state index >= 15 is 0 Å². The molecule has 0 aromatic heterocycles. The van der Waals surface area contributed by atoms with E-state index in [1.807, 2.05) is 23.1 Å². The van der Waals surface area contributed by atoms with Crippen molar-refractivity contribution in [3.8, 4) is 0 Å². The van der Waals surface area contributed by atoms with E-state index in [1.54, 1.807) is 0 Å². The third kappa shape index (κ3) is 2.38. The minimum atomic E-state index is 0.157. The van der Waals surface area contributed by atoms with Gasteiger partial charge in [0.25, 0.3) is 0 Å². The third-order valence-corrected chi connectivity index (χ3v) is 4.24. The topological polar surface area (TPSA) is 43.8 Å². The maximum atomic E-state index is 12.4. The summed E-state index contributed by atoms with van der Waals surface area (Å²) in [6.07, 6.45) is 3.03. The average Bonchev–Trinajstić information content (AvgIpc) is 3.04. The van der Waals surface area contributed by atoms with Gasteiger partial charge in [0.05, 0.1) is 13.2 Å². The number of para-hydroxylation sites is 1. The number of hydrogen-bond acceptors (Lipinski definition) is 3. The van der Waals surface area contributed by atoms with Crippen LogP contribution in [0.4, 0.5) is 5.69 Å². The van der Waals surface area contributed by atoms with Gasteiger partial charge in [-0.25, -0.2) is 0 Å². The summed E-state index contributed by atoms with van der Waals surface area (Å²) in [6, 6.07) is 8.29. The number of likely N-dealkylation sites (tertiary alicyclic amines) is 1. The Morgan fingerprint density at radius 3 is 3.00 bits per heavy atom. The number of carbonyl (C=O) groups is 1. The van der Waals surface area contributed by atoms with Gasteiger partial charge in [0.1, 0.15) is 0 Å². The van der Waals surface area contributed by atoms with Crippen LogP contribution in [0.3, 0.4) is 0 Å². The molecule has 2 heterocycles. The Balaban J connectivity index is 1.69. The minimum absolute atomic E-state index is 0.157. The summed E-state index contributed by atoms with van der Waals surface area (Å²) >= 11 is 0. The second kappa shape index (κ2) is 5.31. The average molecular weight is 260 g/mol. The number of anilines is 1. The number of benzene rings is 1. The smallest absolute Gasteiger partial charge is 0.241 e. The molecule has 1 aromatic rings. The first kappa shape index (κ1) is 12.6. The standard InChI is InChI=1S/C15H20N2O2/c18-11-13-5-3-8-16(13)10-15(19)17-9-7-12-4-1-2-6-14(12)17/h1-2,4,6,13,18H,3,5,7-11H2. The van der Waals surface area contributed by atoms with Crippen LogP contribution in [0.15, 0.2) is 24.3 Å². The van der Waals surface area contributed by atoms with Gasteiger partial charge < -0.3 is 10.0 Å². The van der Waals surface area contributed by atoms with Gasteiger partial charge in [0, 0.05) is 18.3 Å². The molecule has 1 fully saturated rings. The van der Waals surface area contributed by atoms with Crippen LogP contribution in [0.1, 0.15) is 18.4 Å². The molecule has 3 rings (SSSR count). The summed E-state index contributed by atoms with van der Waals surface area (Å²) < 4.78 is 0. The number of aliphatic hydroxyl groups excluding tert-OH is 1. The van der Waals surface area contributed by atoms with Gasteiger partial charge in [-0.3, -0.25) is 9.69 Å². The maximum Gasteiger partial charge on any atom is 0.241 e. The largest absolute Gasteiger partial charge is 0.395 e. The van der Waals surface area contributed by atoms with Crippen molar-refractivity contribution < 1.29 is 9.90 Å². The van der Waals surface area contributed by atoms with Gasteiger partial charge in [0.15, 0.2) is 0 Å². The molecule has 1 N–H and O–H groups in total. The van der Waals surface area contributed by atoms with Crippen LogP contribution in [0.2, 0.25) is 0 Å². The summed E-state index contributed by atoms with van der Waals surface area (Å²) in [4.78, 5) is 16.4. The van der Waals surface area contributed by atoms with Crippen molar-refractivity contribution in [3.63, 3.8) is 0 Å². The number of nitrogens with zero attached hydrogens (tertiary/aromatic N) is 2. The molecular weight excluding hydrogens is 240 g/mol. The van der Waals surface area contributed by atoms with E-state index in [-0.39, 0.29) is 18.6 Å². The molecule has 1 aromatic carbocycles. The predicted molar refractivity (Wildman–Crippen MR) is 74.2 cm³/mol. The van der Waals surface area contributed by atoms with E-state index in [9.17, 15) is 9.90 Å². The van der Waals surface area contributed by atoms with Crippen molar-refractivity contribution in [2.75, 3.05) is 31.1 Å². The summed E-state index contributed by atoms with van der Waals surface area (Å²) in [5.74, 6) is 0.158. The summed E-state index contributed by atoms with van der Waals surface area (Å²) in [6.45, 7) is 2.30. The highest BCUT2D eigenvalue weighted by Crippen LogP contribution is 2.28. The van der Waals surface area contributed by atoms with E-state index in [2.05, 4.69) is 11.0 Å². The van der Waals surface area contributed by atoms with Crippen LogP contribution in [-0.2, 0) is 11.2 Å². The first-order chi connectivity index (χ1) is 9.29. The van der Waals surface area contributed by atoms with E-state index in [0.717, 1.165) is 38.0 Å². The fraction of sp³-hybridized carbons (Fsp3) is 0.533. The molecule has 0 saturated carbocycles. The quantitative estimate of drug-likeness (QED) is 0.883. The number of amides is 1. The maximum absolute atomic E-state index is 12.4. The molecule has 1 atom stereocenters. The van der Waals surface area contributed by atoms with Crippen molar-refractivity contribution in [2.24, 2.45) is 0 Å². The van der Waals surface area contributed by atoms with Gasteiger partial charge in [-0.15, -0.1) is 0 Å². The lowest BCUT2D eigenvalue weighted by atomic mass is 10.2. The molecule has 4 nitrogen and oxygen atoms in total. The van der Waals surface area contributed by atoms with Crippen LogP contribution in [0, 0.1) is 0 Å². The number of hydrogen-bond donors (Lipinski definition) is 1. The molecule has 1 amide bonds. The highest BCUT2D eigenvalue weighted by molar-refractivity contribution is 5.96. The third-order valence-electron chi connectivity index (χ3n) is 4.24. The van der Waals surface area contributed by atoms with E-state index in [1.165, 1.54) is 5.56 Å². The predicted octanol–water partition coefficient (Wildman–Crippen LogP) is 1.03. The number of carbonyl (C=O) groups excluding carboxylic acids is 1. The lowest BCUT2D eigenvalue weighted by Crippen LogP contribution is -2.42. The fourth-order valence-electron chi connectivity index (χ4n) is 3.17. The number of fused-ring (bicyclic) bond motifs is 1. The van der Waals surface area contributed by atoms with Crippen molar-refractivity contribution in [1.82, 2.24) is 4.90 Å². The summed E-state index contributed by atoms with van der Waals surface area (Å²) in [5.41, 5.74) is 2.32. The van der Waals surface area contributed by atoms with Crippen molar-refractivity contribution in [2.45, 2.75) is 25.3 Å². The Morgan fingerprint density at radius 2 is 2.16 bits per heavy atom. The molecule has 1 saturated heterocycles. The summed E-state index contributed by atoms with van der Waals surface area (Å²) in [7, 11) is 0. The Labute approximate surface area is 113 Å². The van der Waals surface area contributed by atoms with Crippen LogP contribution in [0.5, 0.6) is 0 Å². The van der Waals surface area contributed by atoms with Crippen molar-refractivity contribution >= 4 is 11.6 Å². The van der Waals surface area contributed by atoms with Crippen LogP contribution < -0.4 is 4.90 Å². The molecule has 0 spiro atoms. The van der Waals surface area contributed by atoms with Gasteiger partial charge in [0.2, 0.25) is 5.91 Å². The Bertz CT molecular complexity index is 475. The van der Waals surface area contributed by atoms with Crippen molar-refractivity contribution in [1.29, 1.82) is 0 Å². The molecule has 4 heteroatoms. The van der Waals surface area contributed by atoms with Crippen LogP contribution >= 0.6 is 0 Å². The Kier molecular flexibility index (Phi) is 3.53. The Morgan fingerprint density at radius 1 is 1.32 bits per heavy atom. The van der Waals surface area contributed by atoms with Crippen molar-refractivity contribution in [3.05, 3.63) is 29.8 Å². The fourth-order valence-corrected chi connectivity index (χ4v) is 3.17. The zero-order valence-electron chi connectivity index (χ0n) is 11.1.